The van der Waals surface area contributed by atoms with Gasteiger partial charge < -0.3 is 5.11 Å². The van der Waals surface area contributed by atoms with Gasteiger partial charge in [-0.2, -0.15) is 0 Å². The summed E-state index contributed by atoms with van der Waals surface area (Å²) in [7, 11) is -3.58. The topological polar surface area (TPSA) is 84.3 Å². The van der Waals surface area contributed by atoms with Crippen molar-refractivity contribution in [3.8, 4) is 0 Å². The van der Waals surface area contributed by atoms with E-state index in [9.17, 15) is 13.2 Å². The number of hydrogen-bond acceptors (Lipinski definition) is 4. The van der Waals surface area contributed by atoms with Crippen LogP contribution in [-0.4, -0.2) is 30.2 Å². The van der Waals surface area contributed by atoms with Crippen LogP contribution in [0.4, 0.5) is 0 Å². The molecular formula is C14H12ClNO4S. The molecule has 0 saturated carbocycles. The summed E-state index contributed by atoms with van der Waals surface area (Å²) in [6, 6.07) is 7.19. The van der Waals surface area contributed by atoms with Gasteiger partial charge in [0, 0.05) is 12.4 Å². The highest BCUT2D eigenvalue weighted by atomic mass is 35.5. The van der Waals surface area contributed by atoms with Gasteiger partial charge in [0.15, 0.2) is 9.84 Å². The summed E-state index contributed by atoms with van der Waals surface area (Å²) in [6.45, 7) is 0. The summed E-state index contributed by atoms with van der Waals surface area (Å²) in [4.78, 5) is 14.9. The molecule has 0 unspecified atom stereocenters. The van der Waals surface area contributed by atoms with Crippen molar-refractivity contribution in [3.05, 3.63) is 58.9 Å². The molecule has 0 saturated heterocycles. The summed E-state index contributed by atoms with van der Waals surface area (Å²) in [5, 5.41) is 8.98. The highest BCUT2D eigenvalue weighted by molar-refractivity contribution is 7.91. The van der Waals surface area contributed by atoms with Crippen molar-refractivity contribution in [2.24, 2.45) is 0 Å². The fourth-order valence-electron chi connectivity index (χ4n) is 1.78. The lowest BCUT2D eigenvalue weighted by molar-refractivity contribution is 0.0697. The zero-order valence-corrected chi connectivity index (χ0v) is 12.4. The Labute approximate surface area is 127 Å². The van der Waals surface area contributed by atoms with Crippen molar-refractivity contribution in [1.82, 2.24) is 4.98 Å². The zero-order chi connectivity index (χ0) is 15.5. The highest BCUT2D eigenvalue weighted by Gasteiger charge is 2.18. The maximum atomic E-state index is 12.2. The van der Waals surface area contributed by atoms with E-state index in [0.717, 1.165) is 11.6 Å². The van der Waals surface area contributed by atoms with Crippen molar-refractivity contribution in [2.75, 3.05) is 5.75 Å². The van der Waals surface area contributed by atoms with Crippen LogP contribution >= 0.6 is 11.6 Å². The summed E-state index contributed by atoms with van der Waals surface area (Å²) < 4.78 is 24.5. The van der Waals surface area contributed by atoms with E-state index in [1.165, 1.54) is 12.1 Å². The average Bonchev–Trinajstić information content (AvgIpc) is 2.46. The Morgan fingerprint density at radius 2 is 2.05 bits per heavy atom. The molecule has 110 valence electrons. The lowest BCUT2D eigenvalue weighted by atomic mass is 10.2. The third-order valence-electron chi connectivity index (χ3n) is 2.91. The number of pyridine rings is 1. The maximum absolute atomic E-state index is 12.2. The lowest BCUT2D eigenvalue weighted by Crippen LogP contribution is -2.10. The molecule has 1 heterocycles. The number of hydrogen-bond donors (Lipinski definition) is 1. The number of halogens is 1. The monoisotopic (exact) mass is 325 g/mol. The van der Waals surface area contributed by atoms with Crippen LogP contribution in [0.5, 0.6) is 0 Å². The molecule has 1 aromatic carbocycles. The van der Waals surface area contributed by atoms with E-state index in [1.54, 1.807) is 24.5 Å². The summed E-state index contributed by atoms with van der Waals surface area (Å²) in [5.41, 5.74) is 0.576. The second-order valence-electron chi connectivity index (χ2n) is 4.38. The first-order valence-corrected chi connectivity index (χ1v) is 8.08. The molecule has 1 N–H and O–H groups in total. The molecule has 5 nitrogen and oxygen atoms in total. The Hall–Kier alpha value is -1.92. The van der Waals surface area contributed by atoms with E-state index in [0.29, 0.717) is 6.42 Å². The van der Waals surface area contributed by atoms with E-state index in [1.807, 2.05) is 0 Å². The van der Waals surface area contributed by atoms with Crippen LogP contribution in [0.2, 0.25) is 5.02 Å². The summed E-state index contributed by atoms with van der Waals surface area (Å²) in [6.07, 6.45) is 3.51. The smallest absolute Gasteiger partial charge is 0.337 e. The number of aromatic nitrogens is 1. The Morgan fingerprint density at radius 3 is 2.67 bits per heavy atom. The van der Waals surface area contributed by atoms with Gasteiger partial charge >= 0.3 is 5.97 Å². The van der Waals surface area contributed by atoms with E-state index in [-0.39, 0.29) is 21.2 Å². The van der Waals surface area contributed by atoms with Crippen LogP contribution in [0.25, 0.3) is 0 Å². The molecule has 21 heavy (non-hydrogen) atoms. The predicted molar refractivity (Wildman–Crippen MR) is 78.4 cm³/mol. The van der Waals surface area contributed by atoms with E-state index in [2.05, 4.69) is 4.98 Å². The summed E-state index contributed by atoms with van der Waals surface area (Å²) in [5.74, 6) is -1.39. The highest BCUT2D eigenvalue weighted by Crippen LogP contribution is 2.21. The minimum atomic E-state index is -3.58. The van der Waals surface area contributed by atoms with Crippen LogP contribution in [0, 0.1) is 0 Å². The Kier molecular flexibility index (Phi) is 4.59. The van der Waals surface area contributed by atoms with Gasteiger partial charge in [0.05, 0.1) is 21.2 Å². The Bertz CT molecular complexity index is 760. The van der Waals surface area contributed by atoms with Gasteiger partial charge in [0.25, 0.3) is 0 Å². The number of benzene rings is 1. The third kappa shape index (κ3) is 3.80. The minimum Gasteiger partial charge on any atom is -0.478 e. The quantitative estimate of drug-likeness (QED) is 0.912. The van der Waals surface area contributed by atoms with Gasteiger partial charge in [-0.1, -0.05) is 17.7 Å². The Balaban J connectivity index is 2.24. The van der Waals surface area contributed by atoms with E-state index >= 15 is 0 Å². The first-order chi connectivity index (χ1) is 9.90. The molecule has 2 rings (SSSR count). The van der Waals surface area contributed by atoms with Crippen LogP contribution in [0.1, 0.15) is 15.9 Å². The van der Waals surface area contributed by atoms with Crippen LogP contribution in [-0.2, 0) is 16.3 Å². The third-order valence-corrected chi connectivity index (χ3v) is 4.95. The van der Waals surface area contributed by atoms with Crippen LogP contribution < -0.4 is 0 Å². The fraction of sp³-hybridized carbons (Fsp3) is 0.143. The van der Waals surface area contributed by atoms with Gasteiger partial charge in [-0.05, 0) is 36.2 Å². The standard InChI is InChI=1S/C14H12ClNO4S/c15-13-4-3-11(8-12(13)14(17)18)21(19,20)7-5-10-2-1-6-16-9-10/h1-4,6,8-9H,5,7H2,(H,17,18). The molecule has 0 amide bonds. The van der Waals surface area contributed by atoms with Gasteiger partial charge in [-0.15, -0.1) is 0 Å². The minimum absolute atomic E-state index is 0.00806. The number of carboxylic acids is 1. The van der Waals surface area contributed by atoms with E-state index < -0.39 is 15.8 Å². The zero-order valence-electron chi connectivity index (χ0n) is 10.9. The average molecular weight is 326 g/mol. The van der Waals surface area contributed by atoms with E-state index in [4.69, 9.17) is 16.7 Å². The van der Waals surface area contributed by atoms with Gasteiger partial charge in [-0.3, -0.25) is 4.98 Å². The molecule has 0 aliphatic carbocycles. The Morgan fingerprint density at radius 1 is 1.29 bits per heavy atom. The summed E-state index contributed by atoms with van der Waals surface area (Å²) >= 11 is 5.73. The number of aromatic carboxylic acids is 1. The molecule has 0 aliphatic heterocycles. The first kappa shape index (κ1) is 15.5. The van der Waals surface area contributed by atoms with Crippen LogP contribution in [0.3, 0.4) is 0 Å². The number of aryl methyl sites for hydroxylation is 1. The van der Waals surface area contributed by atoms with Gasteiger partial charge in [0.2, 0.25) is 0 Å². The lowest BCUT2D eigenvalue weighted by Gasteiger charge is -2.06. The molecular weight excluding hydrogens is 314 g/mol. The number of carboxylic acid groups (broad SMARTS) is 1. The fourth-order valence-corrected chi connectivity index (χ4v) is 3.29. The maximum Gasteiger partial charge on any atom is 0.337 e. The molecule has 0 fully saturated rings. The number of sulfone groups is 1. The first-order valence-electron chi connectivity index (χ1n) is 6.04. The molecule has 0 spiro atoms. The molecule has 0 aliphatic rings. The van der Waals surface area contributed by atoms with Crippen LogP contribution in [0.15, 0.2) is 47.6 Å². The number of nitrogens with zero attached hydrogens (tertiary/aromatic N) is 1. The van der Waals surface area contributed by atoms with Crippen molar-refractivity contribution in [1.29, 1.82) is 0 Å². The predicted octanol–water partition coefficient (Wildman–Crippen LogP) is 2.45. The van der Waals surface area contributed by atoms with Crippen molar-refractivity contribution >= 4 is 27.4 Å². The largest absolute Gasteiger partial charge is 0.478 e. The molecule has 0 bridgehead atoms. The molecule has 1 aromatic heterocycles. The number of rotatable bonds is 5. The van der Waals surface area contributed by atoms with Gasteiger partial charge in [-0.25, -0.2) is 13.2 Å². The van der Waals surface area contributed by atoms with Gasteiger partial charge in [0.1, 0.15) is 0 Å². The SMILES string of the molecule is O=C(O)c1cc(S(=O)(=O)CCc2cccnc2)ccc1Cl. The number of carbonyl (C=O) groups is 1. The van der Waals surface area contributed by atoms with Crippen molar-refractivity contribution in [2.45, 2.75) is 11.3 Å². The second kappa shape index (κ2) is 6.24. The second-order valence-corrected chi connectivity index (χ2v) is 6.89. The van der Waals surface area contributed by atoms with Crippen molar-refractivity contribution < 1.29 is 18.3 Å². The molecule has 2 aromatic rings. The molecule has 7 heteroatoms. The molecule has 0 radical (unpaired) electrons. The molecule has 0 atom stereocenters. The van der Waals surface area contributed by atoms with Crippen molar-refractivity contribution in [3.63, 3.8) is 0 Å². The normalized spacial score (nSPS) is 11.3.